The van der Waals surface area contributed by atoms with Gasteiger partial charge in [0.2, 0.25) is 0 Å². The molecule has 1 radical (unpaired) electrons. The molecule has 0 aliphatic carbocycles. The molecule has 61 valence electrons. The predicted molar refractivity (Wildman–Crippen MR) is 45.5 cm³/mol. The van der Waals surface area contributed by atoms with Crippen LogP contribution in [-0.4, -0.2) is 24.1 Å². The highest BCUT2D eigenvalue weighted by Crippen LogP contribution is 1.93. The Hall–Kier alpha value is -0.0800. The first-order chi connectivity index (χ1) is 4.72. The van der Waals surface area contributed by atoms with Crippen LogP contribution in [0.25, 0.3) is 0 Å². The van der Waals surface area contributed by atoms with Gasteiger partial charge in [0.05, 0.1) is 0 Å². The molecule has 0 amide bonds. The van der Waals surface area contributed by atoms with E-state index in [0.29, 0.717) is 6.04 Å². The summed E-state index contributed by atoms with van der Waals surface area (Å²) in [6.07, 6.45) is 1.19. The van der Waals surface area contributed by atoms with Gasteiger partial charge >= 0.3 is 0 Å². The standard InChI is InChI=1S/C8H19N2/c1-5-7-10(8(3)4)9-6-2/h8-9H,2,5-7H2,1,3-4H3. The molecular formula is C8H19N2. The Labute approximate surface area is 64.6 Å². The number of hydrogen-bond donors (Lipinski definition) is 1. The van der Waals surface area contributed by atoms with Crippen LogP contribution >= 0.6 is 0 Å². The molecule has 0 bridgehead atoms. The Kier molecular flexibility index (Phi) is 5.64. The molecule has 0 spiro atoms. The van der Waals surface area contributed by atoms with Crippen LogP contribution in [0.1, 0.15) is 27.2 Å². The van der Waals surface area contributed by atoms with Crippen LogP contribution in [0, 0.1) is 6.92 Å². The van der Waals surface area contributed by atoms with Crippen LogP contribution in [0.4, 0.5) is 0 Å². The molecular weight excluding hydrogens is 124 g/mol. The number of rotatable bonds is 5. The molecule has 10 heavy (non-hydrogen) atoms. The normalized spacial score (nSPS) is 11.4. The fraction of sp³-hybridized carbons (Fsp3) is 0.875. The molecule has 1 N–H and O–H groups in total. The number of nitrogens with zero attached hydrogens (tertiary/aromatic N) is 1. The van der Waals surface area contributed by atoms with Gasteiger partial charge < -0.3 is 0 Å². The molecule has 0 aromatic carbocycles. The minimum atomic E-state index is 0.571. The second-order valence-corrected chi connectivity index (χ2v) is 2.70. The summed E-state index contributed by atoms with van der Waals surface area (Å²) < 4.78 is 0. The first-order valence-corrected chi connectivity index (χ1v) is 4.01. The summed E-state index contributed by atoms with van der Waals surface area (Å²) in [5.41, 5.74) is 3.21. The summed E-state index contributed by atoms with van der Waals surface area (Å²) in [6, 6.07) is 0.571. The molecule has 2 nitrogen and oxygen atoms in total. The smallest absolute Gasteiger partial charge is 0.0187 e. The van der Waals surface area contributed by atoms with Crippen LogP contribution in [0.5, 0.6) is 0 Å². The van der Waals surface area contributed by atoms with Crippen LogP contribution in [0.2, 0.25) is 0 Å². The molecule has 0 fully saturated rings. The molecule has 0 aromatic heterocycles. The van der Waals surface area contributed by atoms with E-state index in [4.69, 9.17) is 0 Å². The van der Waals surface area contributed by atoms with Crippen molar-refractivity contribution in [3.05, 3.63) is 6.92 Å². The second kappa shape index (κ2) is 5.69. The average molecular weight is 143 g/mol. The molecule has 0 rings (SSSR count). The van der Waals surface area contributed by atoms with Crippen molar-refractivity contribution in [2.45, 2.75) is 33.2 Å². The maximum Gasteiger partial charge on any atom is 0.0187 e. The van der Waals surface area contributed by atoms with Crippen molar-refractivity contribution in [2.75, 3.05) is 13.1 Å². The molecule has 0 saturated heterocycles. The van der Waals surface area contributed by atoms with Gasteiger partial charge in [0, 0.05) is 19.1 Å². The maximum absolute atomic E-state index is 3.74. The summed E-state index contributed by atoms with van der Waals surface area (Å²) in [7, 11) is 0. The summed E-state index contributed by atoms with van der Waals surface area (Å²) in [4.78, 5) is 0. The summed E-state index contributed by atoms with van der Waals surface area (Å²) in [6.45, 7) is 12.2. The summed E-state index contributed by atoms with van der Waals surface area (Å²) >= 11 is 0. The topological polar surface area (TPSA) is 15.3 Å². The third-order valence-electron chi connectivity index (χ3n) is 1.40. The van der Waals surface area contributed by atoms with Gasteiger partial charge in [-0.1, -0.05) is 6.92 Å². The fourth-order valence-corrected chi connectivity index (χ4v) is 0.904. The third kappa shape index (κ3) is 3.85. The lowest BCUT2D eigenvalue weighted by molar-refractivity contribution is 0.151. The zero-order valence-electron chi connectivity index (χ0n) is 7.35. The average Bonchev–Trinajstić information content (AvgIpc) is 1.87. The molecule has 2 heteroatoms. The van der Waals surface area contributed by atoms with Gasteiger partial charge in [0.1, 0.15) is 0 Å². The van der Waals surface area contributed by atoms with E-state index in [9.17, 15) is 0 Å². The Morgan fingerprint density at radius 3 is 2.40 bits per heavy atom. The number of hydrazine groups is 1. The quantitative estimate of drug-likeness (QED) is 0.586. The zero-order chi connectivity index (χ0) is 7.98. The van der Waals surface area contributed by atoms with Gasteiger partial charge in [-0.3, -0.25) is 5.43 Å². The molecule has 0 aliphatic rings. The fourth-order valence-electron chi connectivity index (χ4n) is 0.904. The Morgan fingerprint density at radius 2 is 2.10 bits per heavy atom. The lowest BCUT2D eigenvalue weighted by Gasteiger charge is -2.25. The Bertz CT molecular complexity index is 65.7. The molecule has 0 heterocycles. The molecule has 0 atom stereocenters. The minimum Gasteiger partial charge on any atom is -0.255 e. The van der Waals surface area contributed by atoms with Crippen molar-refractivity contribution >= 4 is 0 Å². The molecule has 0 aromatic rings. The van der Waals surface area contributed by atoms with Crippen LogP contribution < -0.4 is 5.43 Å². The predicted octanol–water partition coefficient (Wildman–Crippen LogP) is 1.45. The van der Waals surface area contributed by atoms with Crippen molar-refractivity contribution < 1.29 is 0 Å². The largest absolute Gasteiger partial charge is 0.255 e. The highest BCUT2D eigenvalue weighted by atomic mass is 15.5. The minimum absolute atomic E-state index is 0.571. The number of hydrogen-bond acceptors (Lipinski definition) is 2. The first-order valence-electron chi connectivity index (χ1n) is 4.01. The van der Waals surface area contributed by atoms with E-state index in [1.807, 2.05) is 0 Å². The molecule has 0 aliphatic heterocycles. The van der Waals surface area contributed by atoms with Crippen LogP contribution in [-0.2, 0) is 0 Å². The van der Waals surface area contributed by atoms with Crippen molar-refractivity contribution in [3.63, 3.8) is 0 Å². The van der Waals surface area contributed by atoms with Crippen molar-refractivity contribution in [1.29, 1.82) is 0 Å². The maximum atomic E-state index is 3.74. The highest BCUT2D eigenvalue weighted by Gasteiger charge is 2.04. The van der Waals surface area contributed by atoms with E-state index < -0.39 is 0 Å². The van der Waals surface area contributed by atoms with Gasteiger partial charge in [-0.05, 0) is 27.2 Å². The van der Waals surface area contributed by atoms with Gasteiger partial charge in [-0.25, -0.2) is 5.01 Å². The van der Waals surface area contributed by atoms with Gasteiger partial charge in [-0.2, -0.15) is 0 Å². The van der Waals surface area contributed by atoms with E-state index in [0.717, 1.165) is 13.1 Å². The second-order valence-electron chi connectivity index (χ2n) is 2.70. The van der Waals surface area contributed by atoms with Crippen molar-refractivity contribution in [3.8, 4) is 0 Å². The Balaban J connectivity index is 3.50. The summed E-state index contributed by atoms with van der Waals surface area (Å²) in [5, 5.41) is 2.22. The molecule has 0 unspecified atom stereocenters. The Morgan fingerprint density at radius 1 is 1.50 bits per heavy atom. The van der Waals surface area contributed by atoms with Crippen molar-refractivity contribution in [1.82, 2.24) is 10.4 Å². The van der Waals surface area contributed by atoms with Gasteiger partial charge in [0.15, 0.2) is 0 Å². The van der Waals surface area contributed by atoms with Crippen LogP contribution in [0.3, 0.4) is 0 Å². The van der Waals surface area contributed by atoms with E-state index in [1.165, 1.54) is 6.42 Å². The monoisotopic (exact) mass is 143 g/mol. The zero-order valence-corrected chi connectivity index (χ0v) is 7.35. The highest BCUT2D eigenvalue weighted by molar-refractivity contribution is 4.57. The first kappa shape index (κ1) is 9.92. The van der Waals surface area contributed by atoms with Gasteiger partial charge in [-0.15, -0.1) is 0 Å². The van der Waals surface area contributed by atoms with E-state index in [2.05, 4.69) is 38.1 Å². The van der Waals surface area contributed by atoms with E-state index >= 15 is 0 Å². The third-order valence-corrected chi connectivity index (χ3v) is 1.40. The van der Waals surface area contributed by atoms with Gasteiger partial charge in [0.25, 0.3) is 0 Å². The number of nitrogens with one attached hydrogen (secondary N) is 1. The lowest BCUT2D eigenvalue weighted by Crippen LogP contribution is -2.43. The lowest BCUT2D eigenvalue weighted by atomic mass is 10.3. The molecule has 0 saturated carbocycles. The SMILES string of the molecule is [CH2]CNN(CCC)C(C)C. The summed E-state index contributed by atoms with van der Waals surface area (Å²) in [5.74, 6) is 0. The van der Waals surface area contributed by atoms with E-state index in [-0.39, 0.29) is 0 Å². The van der Waals surface area contributed by atoms with Crippen molar-refractivity contribution in [2.24, 2.45) is 0 Å². The van der Waals surface area contributed by atoms with Crippen LogP contribution in [0.15, 0.2) is 0 Å². The van der Waals surface area contributed by atoms with E-state index in [1.54, 1.807) is 0 Å².